The molecule has 4 saturated carbocycles. The van der Waals surface area contributed by atoms with Crippen LogP contribution in [-0.2, 0) is 16.6 Å². The first-order valence-electron chi connectivity index (χ1n) is 12.4. The molecule has 4 fully saturated rings. The quantitative estimate of drug-likeness (QED) is 0.426. The summed E-state index contributed by atoms with van der Waals surface area (Å²) in [5.41, 5.74) is 0. The van der Waals surface area contributed by atoms with Gasteiger partial charge in [0.2, 0.25) is 0 Å². The molecule has 0 spiro atoms. The van der Waals surface area contributed by atoms with Gasteiger partial charge in [-0.3, -0.25) is 0 Å². The van der Waals surface area contributed by atoms with Crippen molar-refractivity contribution in [3.63, 3.8) is 0 Å². The van der Waals surface area contributed by atoms with Gasteiger partial charge < -0.3 is 0 Å². The van der Waals surface area contributed by atoms with Gasteiger partial charge in [0.1, 0.15) is 0 Å². The van der Waals surface area contributed by atoms with Crippen LogP contribution in [0.5, 0.6) is 0 Å². The molecule has 0 aromatic heterocycles. The standard InChI is InChI=1S/4C6H11.Ti/c4*1-2-4-6-5-3-1;/h4*1H,2-6H2;. The van der Waals surface area contributed by atoms with Crippen LogP contribution < -0.4 is 0 Å². The Bertz CT molecular complexity index is 301. The molecule has 0 heterocycles. The van der Waals surface area contributed by atoms with E-state index >= 15 is 0 Å². The maximum atomic E-state index is 1.68. The molecule has 4 aliphatic rings. The van der Waals surface area contributed by atoms with Gasteiger partial charge in [-0.2, -0.15) is 0 Å². The van der Waals surface area contributed by atoms with E-state index in [1.807, 2.05) is 0 Å². The van der Waals surface area contributed by atoms with E-state index < -0.39 is 16.6 Å². The molecule has 0 atom stereocenters. The van der Waals surface area contributed by atoms with Crippen LogP contribution in [0.15, 0.2) is 0 Å². The monoisotopic (exact) mass is 380 g/mol. The fourth-order valence-electron chi connectivity index (χ4n) is 8.41. The van der Waals surface area contributed by atoms with Gasteiger partial charge in [0.15, 0.2) is 0 Å². The summed E-state index contributed by atoms with van der Waals surface area (Å²) in [6, 6.07) is 0. The molecule has 0 amide bonds. The summed E-state index contributed by atoms with van der Waals surface area (Å²) in [6.45, 7) is 0. The molecular weight excluding hydrogens is 336 g/mol. The molecule has 0 aromatic carbocycles. The van der Waals surface area contributed by atoms with Gasteiger partial charge in [-0.05, 0) is 0 Å². The van der Waals surface area contributed by atoms with Gasteiger partial charge in [-0.1, -0.05) is 0 Å². The van der Waals surface area contributed by atoms with Crippen molar-refractivity contribution >= 4 is 0 Å². The third kappa shape index (κ3) is 3.96. The van der Waals surface area contributed by atoms with E-state index in [1.165, 1.54) is 16.9 Å². The van der Waals surface area contributed by atoms with E-state index in [-0.39, 0.29) is 0 Å². The Morgan fingerprint density at radius 1 is 0.280 bits per heavy atom. The summed E-state index contributed by atoms with van der Waals surface area (Å²) in [5.74, 6) is 0. The van der Waals surface area contributed by atoms with Crippen LogP contribution in [0, 0.1) is 0 Å². The molecule has 144 valence electrons. The molecular formula is C24H44Ti. The van der Waals surface area contributed by atoms with Crippen molar-refractivity contribution in [2.75, 3.05) is 0 Å². The minimum absolute atomic E-state index is 1.29. The molecule has 0 radical (unpaired) electrons. The zero-order chi connectivity index (χ0) is 17.0. The third-order valence-electron chi connectivity index (χ3n) is 9.25. The van der Waals surface area contributed by atoms with Crippen molar-refractivity contribution in [2.24, 2.45) is 0 Å². The van der Waals surface area contributed by atoms with E-state index in [1.54, 1.807) is 128 Å². The first-order chi connectivity index (χ1) is 12.4. The minimum atomic E-state index is -1.88. The van der Waals surface area contributed by atoms with Crippen molar-refractivity contribution in [1.29, 1.82) is 0 Å². The van der Waals surface area contributed by atoms with Crippen molar-refractivity contribution in [1.82, 2.24) is 0 Å². The molecule has 4 aliphatic carbocycles. The summed E-state index contributed by atoms with van der Waals surface area (Å²) < 4.78 is 5.18. The molecule has 0 aromatic rings. The topological polar surface area (TPSA) is 0 Å². The fourth-order valence-corrected chi connectivity index (χ4v) is 23.5. The summed E-state index contributed by atoms with van der Waals surface area (Å²) in [7, 11) is 0. The molecule has 0 nitrogen and oxygen atoms in total. The average molecular weight is 380 g/mol. The Morgan fingerprint density at radius 3 is 0.680 bits per heavy atom. The summed E-state index contributed by atoms with van der Waals surface area (Å²) in [5, 5.41) is 0. The van der Waals surface area contributed by atoms with Gasteiger partial charge >= 0.3 is 162 Å². The maximum absolute atomic E-state index is 1.88. The second kappa shape index (κ2) is 9.27. The Morgan fingerprint density at radius 2 is 0.480 bits per heavy atom. The van der Waals surface area contributed by atoms with E-state index in [0.717, 1.165) is 0 Å². The van der Waals surface area contributed by atoms with Crippen LogP contribution in [0.4, 0.5) is 0 Å². The Kier molecular flexibility index (Phi) is 7.07. The molecule has 0 saturated heterocycles. The summed E-state index contributed by atoms with van der Waals surface area (Å²) >= 11 is -1.88. The predicted molar refractivity (Wildman–Crippen MR) is 107 cm³/mol. The summed E-state index contributed by atoms with van der Waals surface area (Å²) in [6.07, 6.45) is 32.5. The third-order valence-corrected chi connectivity index (χ3v) is 21.7. The van der Waals surface area contributed by atoms with Gasteiger partial charge in [0.25, 0.3) is 0 Å². The summed E-state index contributed by atoms with van der Waals surface area (Å²) in [4.78, 5) is 0. The number of hydrogen-bond acceptors (Lipinski definition) is 0. The zero-order valence-corrected chi connectivity index (χ0v) is 18.5. The van der Waals surface area contributed by atoms with Crippen molar-refractivity contribution in [3.05, 3.63) is 0 Å². The van der Waals surface area contributed by atoms with E-state index in [4.69, 9.17) is 0 Å². The fraction of sp³-hybridized carbons (Fsp3) is 1.00. The van der Waals surface area contributed by atoms with Gasteiger partial charge in [0, 0.05) is 0 Å². The van der Waals surface area contributed by atoms with Crippen LogP contribution >= 0.6 is 0 Å². The zero-order valence-electron chi connectivity index (χ0n) is 17.0. The van der Waals surface area contributed by atoms with Crippen molar-refractivity contribution in [3.8, 4) is 0 Å². The van der Waals surface area contributed by atoms with Crippen molar-refractivity contribution in [2.45, 2.75) is 145 Å². The second-order valence-electron chi connectivity index (χ2n) is 10.3. The predicted octanol–water partition coefficient (Wildman–Crippen LogP) is 9.15. The first-order valence-corrected chi connectivity index (χ1v) is 16.0. The molecule has 4 rings (SSSR count). The number of rotatable bonds is 4. The van der Waals surface area contributed by atoms with Crippen LogP contribution in [0.2, 0.25) is 16.9 Å². The van der Waals surface area contributed by atoms with Crippen LogP contribution in [-0.4, -0.2) is 0 Å². The molecule has 25 heavy (non-hydrogen) atoms. The van der Waals surface area contributed by atoms with Gasteiger partial charge in [-0.15, -0.1) is 0 Å². The van der Waals surface area contributed by atoms with Crippen LogP contribution in [0.1, 0.15) is 128 Å². The first kappa shape index (κ1) is 19.0. The SMILES string of the molecule is C1CC[CH]([Ti]([CH]2CCCCC2)([CH]2CCCCC2)[CH]2CCCCC2)CC1. The van der Waals surface area contributed by atoms with Crippen molar-refractivity contribution < 1.29 is 16.6 Å². The van der Waals surface area contributed by atoms with Gasteiger partial charge in [-0.25, -0.2) is 0 Å². The Labute approximate surface area is 161 Å². The molecule has 0 unspecified atom stereocenters. The normalized spacial score (nSPS) is 29.8. The molecule has 0 N–H and O–H groups in total. The van der Waals surface area contributed by atoms with E-state index in [2.05, 4.69) is 0 Å². The van der Waals surface area contributed by atoms with Crippen LogP contribution in [0.25, 0.3) is 0 Å². The molecule has 0 bridgehead atoms. The number of hydrogen-bond donors (Lipinski definition) is 0. The Hall–Kier alpha value is 0.714. The Balaban J connectivity index is 1.70. The molecule has 0 aliphatic heterocycles. The second-order valence-corrected chi connectivity index (χ2v) is 18.6. The average Bonchev–Trinajstić information content (AvgIpc) is 2.72. The van der Waals surface area contributed by atoms with Crippen LogP contribution in [0.3, 0.4) is 0 Å². The van der Waals surface area contributed by atoms with E-state index in [9.17, 15) is 0 Å². The van der Waals surface area contributed by atoms with Gasteiger partial charge in [0.05, 0.1) is 0 Å². The molecule has 1 heteroatoms. The van der Waals surface area contributed by atoms with E-state index in [0.29, 0.717) is 0 Å².